The zero-order valence-corrected chi connectivity index (χ0v) is 12.4. The van der Waals surface area contributed by atoms with E-state index < -0.39 is 11.7 Å². The molecule has 2 rings (SSSR count). The summed E-state index contributed by atoms with van der Waals surface area (Å²) in [4.78, 5) is 15.5. The van der Waals surface area contributed by atoms with Crippen molar-refractivity contribution in [3.8, 4) is 0 Å². The van der Waals surface area contributed by atoms with Gasteiger partial charge in [0.25, 0.3) is 0 Å². The third kappa shape index (κ3) is 5.72. The number of aryl methyl sites for hydroxylation is 1. The summed E-state index contributed by atoms with van der Waals surface area (Å²) in [5.41, 5.74) is -0.128. The second kappa shape index (κ2) is 7.75. The lowest BCUT2D eigenvalue weighted by atomic mass is 10.1. The quantitative estimate of drug-likeness (QED) is 0.850. The number of carbonyl (C=O) groups excluding carboxylic acids is 1. The number of amides is 1. The van der Waals surface area contributed by atoms with Crippen molar-refractivity contribution in [2.45, 2.75) is 32.0 Å². The number of nitrogens with one attached hydrogen (secondary N) is 1. The lowest BCUT2D eigenvalue weighted by molar-refractivity contribution is -0.137. The summed E-state index contributed by atoms with van der Waals surface area (Å²) in [6, 6.07) is 5.13. The van der Waals surface area contributed by atoms with Crippen LogP contribution in [0.2, 0.25) is 0 Å². The molecule has 0 unspecified atom stereocenters. The number of alkyl halides is 3. The molecule has 1 heterocycles. The molecule has 5 nitrogen and oxygen atoms in total. The van der Waals surface area contributed by atoms with Gasteiger partial charge in [-0.2, -0.15) is 18.3 Å². The maximum absolute atomic E-state index is 12.6. The highest BCUT2D eigenvalue weighted by atomic mass is 19.4. The number of rotatable bonds is 7. The maximum atomic E-state index is 12.6. The number of aromatic nitrogens is 3. The number of hydrogen-bond acceptors (Lipinski definition) is 3. The van der Waals surface area contributed by atoms with E-state index in [4.69, 9.17) is 0 Å². The Labute approximate surface area is 131 Å². The van der Waals surface area contributed by atoms with Gasteiger partial charge in [-0.05, 0) is 24.5 Å². The number of carbonyl (C=O) groups is 1. The first-order chi connectivity index (χ1) is 10.9. The first kappa shape index (κ1) is 17.0. The van der Waals surface area contributed by atoms with Crippen LogP contribution in [-0.2, 0) is 23.9 Å². The van der Waals surface area contributed by atoms with E-state index in [0.717, 1.165) is 12.1 Å². The Bertz CT molecular complexity index is 626. The predicted octanol–water partition coefficient (Wildman–Crippen LogP) is 2.44. The molecule has 2 aromatic rings. The molecule has 0 radical (unpaired) electrons. The smallest absolute Gasteiger partial charge is 0.356 e. The SMILES string of the molecule is O=C(CCCn1cncn1)NCCc1cccc(C(F)(F)F)c1. The van der Waals surface area contributed by atoms with Crippen LogP contribution < -0.4 is 5.32 Å². The van der Waals surface area contributed by atoms with E-state index in [2.05, 4.69) is 15.4 Å². The van der Waals surface area contributed by atoms with Crippen molar-refractivity contribution in [3.63, 3.8) is 0 Å². The van der Waals surface area contributed by atoms with Crippen LogP contribution in [0.1, 0.15) is 24.0 Å². The van der Waals surface area contributed by atoms with Crippen molar-refractivity contribution in [2.75, 3.05) is 6.54 Å². The summed E-state index contributed by atoms with van der Waals surface area (Å²) in [5, 5.41) is 6.63. The van der Waals surface area contributed by atoms with Crippen LogP contribution >= 0.6 is 0 Å². The van der Waals surface area contributed by atoms with Crippen molar-refractivity contribution in [1.82, 2.24) is 20.1 Å². The summed E-state index contributed by atoms with van der Waals surface area (Å²) in [6.07, 6.45) is -0.0266. The van der Waals surface area contributed by atoms with E-state index in [-0.39, 0.29) is 5.91 Å². The van der Waals surface area contributed by atoms with Gasteiger partial charge in [0.15, 0.2) is 0 Å². The lowest BCUT2D eigenvalue weighted by Crippen LogP contribution is -2.25. The Morgan fingerprint density at radius 3 is 2.83 bits per heavy atom. The van der Waals surface area contributed by atoms with Crippen LogP contribution in [0.3, 0.4) is 0 Å². The molecule has 1 amide bonds. The van der Waals surface area contributed by atoms with Crippen LogP contribution in [0.4, 0.5) is 13.2 Å². The van der Waals surface area contributed by atoms with Gasteiger partial charge in [0.05, 0.1) is 5.56 Å². The monoisotopic (exact) mass is 326 g/mol. The summed E-state index contributed by atoms with van der Waals surface area (Å²) in [6.45, 7) is 0.907. The minimum Gasteiger partial charge on any atom is -0.356 e. The molecule has 0 saturated carbocycles. The van der Waals surface area contributed by atoms with Crippen molar-refractivity contribution in [3.05, 3.63) is 48.0 Å². The van der Waals surface area contributed by atoms with E-state index in [9.17, 15) is 18.0 Å². The minimum atomic E-state index is -4.35. The highest BCUT2D eigenvalue weighted by molar-refractivity contribution is 5.75. The van der Waals surface area contributed by atoms with Gasteiger partial charge < -0.3 is 5.32 Å². The summed E-state index contributed by atoms with van der Waals surface area (Å²) in [5.74, 6) is -0.128. The zero-order chi connectivity index (χ0) is 16.7. The number of nitrogens with zero attached hydrogens (tertiary/aromatic N) is 3. The second-order valence-electron chi connectivity index (χ2n) is 5.06. The molecule has 8 heteroatoms. The number of benzene rings is 1. The average Bonchev–Trinajstić information content (AvgIpc) is 3.00. The molecule has 0 atom stereocenters. The molecule has 124 valence electrons. The minimum absolute atomic E-state index is 0.128. The van der Waals surface area contributed by atoms with Crippen molar-refractivity contribution < 1.29 is 18.0 Å². The van der Waals surface area contributed by atoms with E-state index in [0.29, 0.717) is 37.9 Å². The Kier molecular flexibility index (Phi) is 5.72. The highest BCUT2D eigenvalue weighted by Gasteiger charge is 2.30. The molecule has 1 N–H and O–H groups in total. The summed E-state index contributed by atoms with van der Waals surface area (Å²) < 4.78 is 39.4. The van der Waals surface area contributed by atoms with Crippen molar-refractivity contribution >= 4 is 5.91 Å². The Morgan fingerprint density at radius 2 is 2.13 bits per heavy atom. The highest BCUT2D eigenvalue weighted by Crippen LogP contribution is 2.29. The standard InChI is InChI=1S/C15H17F3N4O/c16-15(17,18)13-4-1-3-12(9-13)6-7-20-14(23)5-2-8-22-11-19-10-21-22/h1,3-4,9-11H,2,5-8H2,(H,20,23). The summed E-state index contributed by atoms with van der Waals surface area (Å²) in [7, 11) is 0. The van der Waals surface area contributed by atoms with Gasteiger partial charge in [-0.3, -0.25) is 9.48 Å². The van der Waals surface area contributed by atoms with Gasteiger partial charge in [-0.15, -0.1) is 0 Å². The van der Waals surface area contributed by atoms with E-state index in [1.54, 1.807) is 17.1 Å². The normalized spacial score (nSPS) is 11.4. The molecule has 0 aliphatic carbocycles. The van der Waals surface area contributed by atoms with Crippen LogP contribution in [0.15, 0.2) is 36.9 Å². The molecule has 0 aliphatic heterocycles. The van der Waals surface area contributed by atoms with Crippen LogP contribution in [0.25, 0.3) is 0 Å². The molecule has 1 aromatic carbocycles. The molecule has 0 saturated heterocycles. The van der Waals surface area contributed by atoms with Crippen molar-refractivity contribution in [2.24, 2.45) is 0 Å². The second-order valence-corrected chi connectivity index (χ2v) is 5.06. The van der Waals surface area contributed by atoms with Gasteiger partial charge in [0, 0.05) is 19.5 Å². The summed E-state index contributed by atoms with van der Waals surface area (Å²) >= 11 is 0. The molecule has 23 heavy (non-hydrogen) atoms. The number of hydrogen-bond donors (Lipinski definition) is 1. The molecular formula is C15H17F3N4O. The van der Waals surface area contributed by atoms with Gasteiger partial charge in [0.1, 0.15) is 12.7 Å². The topological polar surface area (TPSA) is 59.8 Å². The van der Waals surface area contributed by atoms with Gasteiger partial charge in [-0.1, -0.05) is 18.2 Å². The third-order valence-electron chi connectivity index (χ3n) is 3.25. The largest absolute Gasteiger partial charge is 0.416 e. The van der Waals surface area contributed by atoms with Gasteiger partial charge in [-0.25, -0.2) is 4.98 Å². The van der Waals surface area contributed by atoms with Crippen LogP contribution in [-0.4, -0.2) is 27.2 Å². The number of halogens is 3. The molecule has 0 spiro atoms. The average molecular weight is 326 g/mol. The maximum Gasteiger partial charge on any atom is 0.416 e. The fourth-order valence-corrected chi connectivity index (χ4v) is 2.09. The third-order valence-corrected chi connectivity index (χ3v) is 3.25. The first-order valence-electron chi connectivity index (χ1n) is 7.20. The fraction of sp³-hybridized carbons (Fsp3) is 0.400. The lowest BCUT2D eigenvalue weighted by Gasteiger charge is -2.09. The van der Waals surface area contributed by atoms with Crippen molar-refractivity contribution in [1.29, 1.82) is 0 Å². The van der Waals surface area contributed by atoms with Crippen LogP contribution in [0, 0.1) is 0 Å². The Balaban J connectivity index is 1.69. The molecule has 0 aliphatic rings. The van der Waals surface area contributed by atoms with Gasteiger partial charge in [0.2, 0.25) is 5.91 Å². The molecular weight excluding hydrogens is 309 g/mol. The molecule has 0 bridgehead atoms. The van der Waals surface area contributed by atoms with E-state index in [1.807, 2.05) is 0 Å². The Morgan fingerprint density at radius 1 is 1.30 bits per heavy atom. The molecule has 1 aromatic heterocycles. The van der Waals surface area contributed by atoms with E-state index in [1.165, 1.54) is 12.4 Å². The molecule has 0 fully saturated rings. The van der Waals surface area contributed by atoms with Crippen LogP contribution in [0.5, 0.6) is 0 Å². The fourth-order valence-electron chi connectivity index (χ4n) is 2.09. The van der Waals surface area contributed by atoms with E-state index >= 15 is 0 Å². The first-order valence-corrected chi connectivity index (χ1v) is 7.20. The van der Waals surface area contributed by atoms with Gasteiger partial charge >= 0.3 is 6.18 Å². The Hall–Kier alpha value is -2.38. The predicted molar refractivity (Wildman–Crippen MR) is 77.4 cm³/mol. The zero-order valence-electron chi connectivity index (χ0n) is 12.4.